The van der Waals surface area contributed by atoms with Crippen molar-refractivity contribution in [2.24, 2.45) is 0 Å². The zero-order valence-corrected chi connectivity index (χ0v) is 10.0. The number of ether oxygens (including phenoxy) is 1. The molecule has 0 atom stereocenters. The molecule has 0 saturated carbocycles. The number of esters is 1. The van der Waals surface area contributed by atoms with Crippen molar-refractivity contribution in [1.29, 1.82) is 0 Å². The Morgan fingerprint density at radius 3 is 2.71 bits per heavy atom. The Bertz CT molecular complexity index is 455. The lowest BCUT2D eigenvalue weighted by Gasteiger charge is -2.13. The van der Waals surface area contributed by atoms with Gasteiger partial charge in [0, 0.05) is 20.0 Å². The van der Waals surface area contributed by atoms with Gasteiger partial charge < -0.3 is 9.64 Å². The average Bonchev–Trinajstić information content (AvgIpc) is 2.35. The molecule has 0 aliphatic carbocycles. The number of rotatable bonds is 3. The fraction of sp³-hybridized carbons (Fsp3) is 0.250. The predicted molar refractivity (Wildman–Crippen MR) is 64.4 cm³/mol. The molecule has 0 aliphatic heterocycles. The highest BCUT2D eigenvalue weighted by Crippen LogP contribution is 2.10. The molecular formula is C12H14N2O3. The van der Waals surface area contributed by atoms with Crippen molar-refractivity contribution in [3.63, 3.8) is 0 Å². The second-order valence-corrected chi connectivity index (χ2v) is 3.36. The molecule has 5 heteroatoms. The van der Waals surface area contributed by atoms with Crippen LogP contribution in [0, 0.1) is 0 Å². The maximum absolute atomic E-state index is 11.2. The number of nitrogens with zero attached hydrogens (tertiary/aromatic N) is 2. The van der Waals surface area contributed by atoms with E-state index in [9.17, 15) is 9.59 Å². The smallest absolute Gasteiger partial charge is 0.330 e. The van der Waals surface area contributed by atoms with Crippen LogP contribution in [0.5, 0.6) is 0 Å². The topological polar surface area (TPSA) is 59.5 Å². The minimum absolute atomic E-state index is 0.105. The Labute approximate surface area is 99.7 Å². The average molecular weight is 234 g/mol. The summed E-state index contributed by atoms with van der Waals surface area (Å²) >= 11 is 0. The van der Waals surface area contributed by atoms with E-state index in [1.54, 1.807) is 25.2 Å². The van der Waals surface area contributed by atoms with Crippen molar-refractivity contribution in [2.75, 3.05) is 19.1 Å². The predicted octanol–water partition coefficient (Wildman–Crippen LogP) is 1.25. The van der Waals surface area contributed by atoms with Crippen LogP contribution in [0.1, 0.15) is 12.6 Å². The third-order valence-electron chi connectivity index (χ3n) is 2.16. The molecule has 0 fully saturated rings. The highest BCUT2D eigenvalue weighted by molar-refractivity contribution is 5.90. The Balaban J connectivity index is 2.90. The van der Waals surface area contributed by atoms with Crippen LogP contribution in [0.25, 0.3) is 6.08 Å². The second-order valence-electron chi connectivity index (χ2n) is 3.36. The number of methoxy groups -OCH3 is 1. The number of amides is 1. The van der Waals surface area contributed by atoms with Gasteiger partial charge in [-0.25, -0.2) is 9.78 Å². The van der Waals surface area contributed by atoms with Crippen molar-refractivity contribution in [2.45, 2.75) is 6.92 Å². The lowest BCUT2D eigenvalue weighted by molar-refractivity contribution is -0.134. The summed E-state index contributed by atoms with van der Waals surface area (Å²) in [6.45, 7) is 1.46. The lowest BCUT2D eigenvalue weighted by Crippen LogP contribution is -2.23. The summed E-state index contributed by atoms with van der Waals surface area (Å²) in [4.78, 5) is 27.7. The van der Waals surface area contributed by atoms with E-state index in [-0.39, 0.29) is 5.91 Å². The van der Waals surface area contributed by atoms with Crippen LogP contribution in [-0.2, 0) is 14.3 Å². The first kappa shape index (κ1) is 12.9. The summed E-state index contributed by atoms with van der Waals surface area (Å²) in [5.41, 5.74) is 0.584. The number of carbonyl (C=O) groups excluding carboxylic acids is 2. The fourth-order valence-electron chi connectivity index (χ4n) is 1.10. The highest BCUT2D eigenvalue weighted by atomic mass is 16.5. The maximum atomic E-state index is 11.2. The first-order valence-electron chi connectivity index (χ1n) is 5.02. The Morgan fingerprint density at radius 2 is 2.12 bits per heavy atom. The van der Waals surface area contributed by atoms with E-state index in [4.69, 9.17) is 0 Å². The van der Waals surface area contributed by atoms with Crippen LogP contribution < -0.4 is 4.90 Å². The third kappa shape index (κ3) is 3.71. The molecular weight excluding hydrogens is 220 g/mol. The van der Waals surface area contributed by atoms with Gasteiger partial charge in [0.25, 0.3) is 0 Å². The normalized spacial score (nSPS) is 10.3. The maximum Gasteiger partial charge on any atom is 0.330 e. The van der Waals surface area contributed by atoms with E-state index in [0.717, 1.165) is 0 Å². The molecule has 0 aromatic carbocycles. The number of hydrogen-bond acceptors (Lipinski definition) is 4. The van der Waals surface area contributed by atoms with Crippen molar-refractivity contribution in [3.8, 4) is 0 Å². The Hall–Kier alpha value is -2.17. The van der Waals surface area contributed by atoms with Crippen LogP contribution in [0.4, 0.5) is 5.82 Å². The zero-order valence-electron chi connectivity index (χ0n) is 10.0. The summed E-state index contributed by atoms with van der Waals surface area (Å²) in [6, 6.07) is 5.21. The molecule has 0 N–H and O–H groups in total. The van der Waals surface area contributed by atoms with E-state index in [1.165, 1.54) is 31.1 Å². The molecule has 0 saturated heterocycles. The monoisotopic (exact) mass is 234 g/mol. The number of anilines is 1. The number of pyridine rings is 1. The second kappa shape index (κ2) is 5.79. The van der Waals surface area contributed by atoms with Gasteiger partial charge >= 0.3 is 5.97 Å². The minimum Gasteiger partial charge on any atom is -0.466 e. The van der Waals surface area contributed by atoms with E-state index in [2.05, 4.69) is 9.72 Å². The van der Waals surface area contributed by atoms with E-state index >= 15 is 0 Å². The van der Waals surface area contributed by atoms with E-state index < -0.39 is 5.97 Å². The van der Waals surface area contributed by atoms with Crippen LogP contribution in [0.15, 0.2) is 24.3 Å². The molecule has 0 radical (unpaired) electrons. The van der Waals surface area contributed by atoms with Gasteiger partial charge in [-0.3, -0.25) is 4.79 Å². The molecule has 5 nitrogen and oxygen atoms in total. The molecule has 1 aromatic rings. The largest absolute Gasteiger partial charge is 0.466 e. The summed E-state index contributed by atoms with van der Waals surface area (Å²) < 4.78 is 4.47. The van der Waals surface area contributed by atoms with Crippen LogP contribution in [0.3, 0.4) is 0 Å². The first-order valence-corrected chi connectivity index (χ1v) is 5.02. The van der Waals surface area contributed by atoms with Gasteiger partial charge in [0.2, 0.25) is 5.91 Å². The van der Waals surface area contributed by atoms with Gasteiger partial charge in [-0.05, 0) is 18.2 Å². The Kier molecular flexibility index (Phi) is 4.39. The van der Waals surface area contributed by atoms with Gasteiger partial charge in [0.05, 0.1) is 12.8 Å². The number of carbonyl (C=O) groups is 2. The van der Waals surface area contributed by atoms with Gasteiger partial charge in [-0.15, -0.1) is 0 Å². The first-order chi connectivity index (χ1) is 8.04. The highest BCUT2D eigenvalue weighted by Gasteiger charge is 2.06. The quantitative estimate of drug-likeness (QED) is 0.583. The van der Waals surface area contributed by atoms with Crippen LogP contribution in [-0.4, -0.2) is 31.0 Å². The summed E-state index contributed by atoms with van der Waals surface area (Å²) in [6.07, 6.45) is 2.81. The molecule has 90 valence electrons. The number of hydrogen-bond donors (Lipinski definition) is 0. The van der Waals surface area contributed by atoms with Gasteiger partial charge in [-0.2, -0.15) is 0 Å². The minimum atomic E-state index is -0.447. The van der Waals surface area contributed by atoms with Crippen molar-refractivity contribution >= 4 is 23.8 Å². The molecule has 1 amide bonds. The zero-order chi connectivity index (χ0) is 12.8. The molecule has 0 spiro atoms. The molecule has 1 rings (SSSR count). The van der Waals surface area contributed by atoms with Crippen LogP contribution in [0.2, 0.25) is 0 Å². The van der Waals surface area contributed by atoms with Crippen molar-refractivity contribution < 1.29 is 14.3 Å². The van der Waals surface area contributed by atoms with Crippen LogP contribution >= 0.6 is 0 Å². The standard InChI is InChI=1S/C12H14N2O3/c1-9(15)14(2)11-6-4-5-10(13-11)7-8-12(16)17-3/h4-8H,1-3H3. The molecule has 0 unspecified atom stereocenters. The molecule has 17 heavy (non-hydrogen) atoms. The Morgan fingerprint density at radius 1 is 1.41 bits per heavy atom. The van der Waals surface area contributed by atoms with Gasteiger partial charge in [0.1, 0.15) is 5.82 Å². The van der Waals surface area contributed by atoms with Gasteiger partial charge in [0.15, 0.2) is 0 Å². The van der Waals surface area contributed by atoms with E-state index in [1.807, 2.05) is 0 Å². The van der Waals surface area contributed by atoms with E-state index in [0.29, 0.717) is 11.5 Å². The summed E-state index contributed by atoms with van der Waals surface area (Å²) in [5, 5.41) is 0. The third-order valence-corrected chi connectivity index (χ3v) is 2.16. The molecule has 0 bridgehead atoms. The molecule has 1 heterocycles. The van der Waals surface area contributed by atoms with Gasteiger partial charge in [-0.1, -0.05) is 6.07 Å². The number of aromatic nitrogens is 1. The summed E-state index contributed by atoms with van der Waals surface area (Å²) in [5.74, 6) is -0.0201. The van der Waals surface area contributed by atoms with Crippen molar-refractivity contribution in [3.05, 3.63) is 30.0 Å². The SMILES string of the molecule is COC(=O)C=Cc1cccc(N(C)C(C)=O)n1. The molecule has 1 aromatic heterocycles. The van der Waals surface area contributed by atoms with Crippen molar-refractivity contribution in [1.82, 2.24) is 4.98 Å². The lowest BCUT2D eigenvalue weighted by atomic mass is 10.3. The fourth-order valence-corrected chi connectivity index (χ4v) is 1.10. The molecule has 0 aliphatic rings. The summed E-state index contributed by atoms with van der Waals surface area (Å²) in [7, 11) is 2.94.